The minimum Gasteiger partial charge on any atom is -0.436 e. The Morgan fingerprint density at radius 2 is 2.22 bits per heavy atom. The molecular weight excluding hydrogens is 342 g/mol. The van der Waals surface area contributed by atoms with E-state index < -0.39 is 0 Å². The van der Waals surface area contributed by atoms with Gasteiger partial charge >= 0.3 is 0 Å². The van der Waals surface area contributed by atoms with Crippen LogP contribution < -0.4 is 4.74 Å². The van der Waals surface area contributed by atoms with Gasteiger partial charge in [0.15, 0.2) is 0 Å². The number of dihydropyridines is 1. The summed E-state index contributed by atoms with van der Waals surface area (Å²) in [6.07, 6.45) is 14.5. The minimum absolute atomic E-state index is 0.410. The molecule has 0 N–H and O–H groups in total. The summed E-state index contributed by atoms with van der Waals surface area (Å²) in [6, 6.07) is 4.08. The molecule has 2 aliphatic rings. The Hall–Kier alpha value is -3.16. The molecule has 1 aliphatic heterocycles. The molecule has 1 aliphatic carbocycles. The van der Waals surface area contributed by atoms with Crippen molar-refractivity contribution < 1.29 is 4.74 Å². The van der Waals surface area contributed by atoms with E-state index in [1.807, 2.05) is 23.0 Å². The van der Waals surface area contributed by atoms with Gasteiger partial charge in [-0.25, -0.2) is 9.67 Å². The fraction of sp³-hybridized carbons (Fsp3) is 0.368. The van der Waals surface area contributed by atoms with Crippen LogP contribution in [-0.4, -0.2) is 42.2 Å². The monoisotopic (exact) mass is 361 g/mol. The molecule has 1 fully saturated rings. The van der Waals surface area contributed by atoms with E-state index in [9.17, 15) is 0 Å². The minimum atomic E-state index is 0.410. The van der Waals surface area contributed by atoms with Crippen LogP contribution in [-0.2, 0) is 6.54 Å². The summed E-state index contributed by atoms with van der Waals surface area (Å²) in [7, 11) is 0. The smallest absolute Gasteiger partial charge is 0.240 e. The quantitative estimate of drug-likeness (QED) is 0.710. The van der Waals surface area contributed by atoms with Crippen molar-refractivity contribution >= 4 is 17.5 Å². The highest BCUT2D eigenvalue weighted by Crippen LogP contribution is 2.34. The van der Waals surface area contributed by atoms with Crippen LogP contribution in [0.15, 0.2) is 47.9 Å². The Balaban J connectivity index is 1.35. The number of allylic oxidation sites excluding steroid dienone is 1. The lowest BCUT2D eigenvalue weighted by molar-refractivity contribution is 0.241. The van der Waals surface area contributed by atoms with Crippen molar-refractivity contribution in [3.05, 3.63) is 42.9 Å². The lowest BCUT2D eigenvalue weighted by atomic mass is 9.77. The molecule has 3 aromatic rings. The maximum atomic E-state index is 5.74. The average Bonchev–Trinajstić information content (AvgIpc) is 3.11. The van der Waals surface area contributed by atoms with Gasteiger partial charge in [0.05, 0.1) is 18.4 Å². The van der Waals surface area contributed by atoms with E-state index in [1.54, 1.807) is 18.6 Å². The predicted molar refractivity (Wildman–Crippen MR) is 99.7 cm³/mol. The van der Waals surface area contributed by atoms with Crippen LogP contribution in [0.1, 0.15) is 19.3 Å². The topological polar surface area (TPSA) is 91.0 Å². The molecule has 136 valence electrons. The van der Waals surface area contributed by atoms with Crippen LogP contribution in [0.5, 0.6) is 11.6 Å². The molecular formula is C19H19N7O. The zero-order valence-corrected chi connectivity index (χ0v) is 14.7. The zero-order chi connectivity index (χ0) is 18.1. The van der Waals surface area contributed by atoms with Gasteiger partial charge in [-0.2, -0.15) is 4.98 Å². The van der Waals surface area contributed by atoms with E-state index in [0.717, 1.165) is 25.8 Å². The van der Waals surface area contributed by atoms with Crippen molar-refractivity contribution in [2.24, 2.45) is 16.8 Å². The molecule has 2 unspecified atom stereocenters. The highest BCUT2D eigenvalue weighted by atomic mass is 16.5. The molecule has 3 aromatic heterocycles. The van der Waals surface area contributed by atoms with Crippen molar-refractivity contribution in [1.82, 2.24) is 29.9 Å². The molecule has 0 spiro atoms. The third kappa shape index (κ3) is 3.30. The first-order valence-electron chi connectivity index (χ1n) is 9.19. The van der Waals surface area contributed by atoms with Gasteiger partial charge in [-0.1, -0.05) is 11.3 Å². The SMILES string of the molecule is C1=CC2C[C@H](Cn3nnc4ncc(Oc5cccnc5)nc43)CCC2N=C1. The van der Waals surface area contributed by atoms with Gasteiger partial charge in [-0.15, -0.1) is 5.10 Å². The summed E-state index contributed by atoms with van der Waals surface area (Å²) in [5.41, 5.74) is 1.18. The highest BCUT2D eigenvalue weighted by Gasteiger charge is 2.30. The number of pyridine rings is 1. The number of hydrogen-bond acceptors (Lipinski definition) is 7. The Morgan fingerprint density at radius 3 is 3.15 bits per heavy atom. The molecule has 8 heteroatoms. The summed E-state index contributed by atoms with van der Waals surface area (Å²) in [5, 5.41) is 8.42. The van der Waals surface area contributed by atoms with Crippen molar-refractivity contribution in [2.75, 3.05) is 0 Å². The van der Waals surface area contributed by atoms with Gasteiger partial charge in [0.1, 0.15) is 5.75 Å². The Morgan fingerprint density at radius 1 is 1.22 bits per heavy atom. The van der Waals surface area contributed by atoms with E-state index in [2.05, 4.69) is 42.4 Å². The first kappa shape index (κ1) is 16.0. The van der Waals surface area contributed by atoms with E-state index in [-0.39, 0.29) is 0 Å². The second-order valence-corrected chi connectivity index (χ2v) is 7.01. The zero-order valence-electron chi connectivity index (χ0n) is 14.7. The standard InChI is InChI=1S/C19H19N7O/c1-3-14-9-13(5-6-16(14)21-8-1)12-26-19-18(24-25-26)22-11-17(23-19)27-15-4-2-7-20-10-15/h1-4,7-8,10-11,13-14,16H,5-6,9,12H2/t13-,14?,16?/m1/s1. The third-order valence-electron chi connectivity index (χ3n) is 5.19. The fourth-order valence-corrected chi connectivity index (χ4v) is 3.88. The lowest BCUT2D eigenvalue weighted by Gasteiger charge is -2.33. The molecule has 1 saturated carbocycles. The first-order valence-corrected chi connectivity index (χ1v) is 9.19. The highest BCUT2D eigenvalue weighted by molar-refractivity contribution is 5.72. The van der Waals surface area contributed by atoms with Crippen LogP contribution in [0.2, 0.25) is 0 Å². The number of hydrogen-bond donors (Lipinski definition) is 0. The summed E-state index contributed by atoms with van der Waals surface area (Å²) < 4.78 is 7.59. The van der Waals surface area contributed by atoms with Crippen molar-refractivity contribution in [1.29, 1.82) is 0 Å². The van der Waals surface area contributed by atoms with Gasteiger partial charge in [0.2, 0.25) is 17.2 Å². The van der Waals surface area contributed by atoms with Crippen molar-refractivity contribution in [2.45, 2.75) is 31.8 Å². The lowest BCUT2D eigenvalue weighted by Crippen LogP contribution is -2.30. The summed E-state index contributed by atoms with van der Waals surface area (Å²) in [5.74, 6) is 2.08. The fourth-order valence-electron chi connectivity index (χ4n) is 3.88. The van der Waals surface area contributed by atoms with Gasteiger partial charge in [0, 0.05) is 19.0 Å². The second kappa shape index (κ2) is 6.86. The van der Waals surface area contributed by atoms with Gasteiger partial charge in [-0.3, -0.25) is 9.98 Å². The molecule has 0 aromatic carbocycles. The van der Waals surface area contributed by atoms with Crippen LogP contribution in [0, 0.1) is 11.8 Å². The molecule has 3 atom stereocenters. The maximum absolute atomic E-state index is 5.74. The van der Waals surface area contributed by atoms with Gasteiger partial charge in [0.25, 0.3) is 0 Å². The van der Waals surface area contributed by atoms with Crippen LogP contribution in [0.25, 0.3) is 11.3 Å². The van der Waals surface area contributed by atoms with Crippen LogP contribution >= 0.6 is 0 Å². The largest absolute Gasteiger partial charge is 0.436 e. The summed E-state index contributed by atoms with van der Waals surface area (Å²) in [4.78, 5) is 17.5. The number of fused-ring (bicyclic) bond motifs is 2. The van der Waals surface area contributed by atoms with Crippen LogP contribution in [0.3, 0.4) is 0 Å². The number of aliphatic imine (C=N–C) groups is 1. The molecule has 0 bridgehead atoms. The normalized spacial score (nSPS) is 24.1. The van der Waals surface area contributed by atoms with Gasteiger partial charge in [-0.05, 0) is 49.3 Å². The van der Waals surface area contributed by atoms with Crippen molar-refractivity contribution in [3.8, 4) is 11.6 Å². The number of nitrogens with zero attached hydrogens (tertiary/aromatic N) is 7. The molecule has 0 saturated heterocycles. The molecule has 5 rings (SSSR count). The third-order valence-corrected chi connectivity index (χ3v) is 5.19. The number of aromatic nitrogens is 6. The van der Waals surface area contributed by atoms with Crippen molar-refractivity contribution in [3.63, 3.8) is 0 Å². The summed E-state index contributed by atoms with van der Waals surface area (Å²) in [6.45, 7) is 0.780. The summed E-state index contributed by atoms with van der Waals surface area (Å²) >= 11 is 0. The Bertz CT molecular complexity index is 998. The van der Waals surface area contributed by atoms with E-state index in [0.29, 0.717) is 40.8 Å². The Kier molecular flexibility index (Phi) is 4.08. The first-order chi connectivity index (χ1) is 13.3. The second-order valence-electron chi connectivity index (χ2n) is 7.01. The van der Waals surface area contributed by atoms with E-state index in [4.69, 9.17) is 4.74 Å². The number of rotatable bonds is 4. The van der Waals surface area contributed by atoms with Gasteiger partial charge < -0.3 is 4.74 Å². The molecule has 0 amide bonds. The predicted octanol–water partition coefficient (Wildman–Crippen LogP) is 2.83. The molecule has 8 nitrogen and oxygen atoms in total. The maximum Gasteiger partial charge on any atom is 0.240 e. The molecule has 0 radical (unpaired) electrons. The van der Waals surface area contributed by atoms with Crippen LogP contribution in [0.4, 0.5) is 0 Å². The van der Waals surface area contributed by atoms with E-state index >= 15 is 0 Å². The average molecular weight is 361 g/mol. The number of ether oxygens (including phenoxy) is 1. The van der Waals surface area contributed by atoms with E-state index in [1.165, 1.54) is 0 Å². The molecule has 4 heterocycles. The Labute approximate surface area is 156 Å². The molecule has 27 heavy (non-hydrogen) atoms.